The Morgan fingerprint density at radius 2 is 1.62 bits per heavy atom. The molecule has 4 nitrogen and oxygen atoms in total. The highest BCUT2D eigenvalue weighted by atomic mass is 16.6. The maximum Gasteiger partial charge on any atom is 0.303 e. The molecule has 1 saturated carbocycles. The lowest BCUT2D eigenvalue weighted by Crippen LogP contribution is -2.39. The van der Waals surface area contributed by atoms with Crippen LogP contribution >= 0.6 is 0 Å². The molecule has 24 heavy (non-hydrogen) atoms. The predicted molar refractivity (Wildman–Crippen MR) is 93.2 cm³/mol. The van der Waals surface area contributed by atoms with Gasteiger partial charge in [-0.1, -0.05) is 55.7 Å². The first-order valence-corrected chi connectivity index (χ1v) is 8.64. The number of hydrogen-bond acceptors (Lipinski definition) is 4. The van der Waals surface area contributed by atoms with Crippen LogP contribution in [0.5, 0.6) is 0 Å². The van der Waals surface area contributed by atoms with Crippen molar-refractivity contribution in [3.63, 3.8) is 0 Å². The van der Waals surface area contributed by atoms with E-state index in [9.17, 15) is 9.59 Å². The number of hydrogen-bond donors (Lipinski definition) is 0. The SMILES string of the molecule is CC(=O)O[C@H](/C=C/c1ccccc1)[C@@H](OC(C)=O)C1CCCCC1. The summed E-state index contributed by atoms with van der Waals surface area (Å²) in [6.45, 7) is 2.79. The third kappa shape index (κ3) is 5.84. The highest BCUT2D eigenvalue weighted by Crippen LogP contribution is 2.31. The first-order chi connectivity index (χ1) is 11.6. The van der Waals surface area contributed by atoms with Crippen molar-refractivity contribution in [3.05, 3.63) is 42.0 Å². The van der Waals surface area contributed by atoms with E-state index < -0.39 is 12.2 Å². The van der Waals surface area contributed by atoms with Crippen molar-refractivity contribution in [2.24, 2.45) is 5.92 Å². The van der Waals surface area contributed by atoms with E-state index >= 15 is 0 Å². The summed E-state index contributed by atoms with van der Waals surface area (Å²) in [6, 6.07) is 9.80. The molecule has 0 aromatic heterocycles. The first kappa shape index (κ1) is 18.2. The van der Waals surface area contributed by atoms with E-state index in [2.05, 4.69) is 0 Å². The van der Waals surface area contributed by atoms with Gasteiger partial charge in [-0.3, -0.25) is 9.59 Å². The van der Waals surface area contributed by atoms with Crippen LogP contribution < -0.4 is 0 Å². The smallest absolute Gasteiger partial charge is 0.303 e. The maximum absolute atomic E-state index is 11.6. The highest BCUT2D eigenvalue weighted by Gasteiger charge is 2.33. The molecule has 1 aromatic carbocycles. The zero-order valence-corrected chi connectivity index (χ0v) is 14.4. The van der Waals surface area contributed by atoms with E-state index in [0.29, 0.717) is 0 Å². The third-order valence-corrected chi connectivity index (χ3v) is 4.32. The molecule has 0 heterocycles. The van der Waals surface area contributed by atoms with E-state index in [4.69, 9.17) is 9.47 Å². The quantitative estimate of drug-likeness (QED) is 0.736. The average molecular weight is 330 g/mol. The molecule has 0 aliphatic heterocycles. The largest absolute Gasteiger partial charge is 0.458 e. The van der Waals surface area contributed by atoms with Crippen LogP contribution in [0.2, 0.25) is 0 Å². The number of esters is 2. The standard InChI is InChI=1S/C20H26O4/c1-15(21)23-19(14-13-17-9-5-3-6-10-17)20(24-16(2)22)18-11-7-4-8-12-18/h3,5-6,9-10,13-14,18-20H,4,7-8,11-12H2,1-2H3/b14-13+/t19-,20+/m1/s1. The minimum absolute atomic E-state index is 0.229. The Bertz CT molecular complexity index is 558. The van der Waals surface area contributed by atoms with E-state index in [-0.39, 0.29) is 17.9 Å². The molecule has 4 heteroatoms. The Morgan fingerprint density at radius 3 is 2.21 bits per heavy atom. The number of ether oxygens (including phenoxy) is 2. The van der Waals surface area contributed by atoms with Crippen LogP contribution in [0.3, 0.4) is 0 Å². The van der Waals surface area contributed by atoms with Gasteiger partial charge in [-0.25, -0.2) is 0 Å². The summed E-state index contributed by atoms with van der Waals surface area (Å²) in [4.78, 5) is 23.1. The van der Waals surface area contributed by atoms with Gasteiger partial charge in [0.05, 0.1) is 0 Å². The van der Waals surface area contributed by atoms with Crippen molar-refractivity contribution in [2.75, 3.05) is 0 Å². The molecule has 1 aliphatic rings. The van der Waals surface area contributed by atoms with Crippen LogP contribution in [0.15, 0.2) is 36.4 Å². The van der Waals surface area contributed by atoms with Crippen LogP contribution in [-0.2, 0) is 19.1 Å². The summed E-state index contributed by atoms with van der Waals surface area (Å²) in [5.74, 6) is -0.478. The van der Waals surface area contributed by atoms with Crippen LogP contribution in [0.25, 0.3) is 6.08 Å². The molecule has 0 amide bonds. The summed E-state index contributed by atoms with van der Waals surface area (Å²) in [7, 11) is 0. The summed E-state index contributed by atoms with van der Waals surface area (Å²) in [5, 5.41) is 0. The first-order valence-electron chi connectivity index (χ1n) is 8.64. The second-order valence-corrected chi connectivity index (χ2v) is 6.32. The van der Waals surface area contributed by atoms with Gasteiger partial charge in [0.1, 0.15) is 6.10 Å². The van der Waals surface area contributed by atoms with Crippen LogP contribution in [-0.4, -0.2) is 24.1 Å². The fourth-order valence-corrected chi connectivity index (χ4v) is 3.26. The lowest BCUT2D eigenvalue weighted by Gasteiger charge is -2.33. The van der Waals surface area contributed by atoms with Gasteiger partial charge in [0.15, 0.2) is 6.10 Å². The Kier molecular flexibility index (Phi) is 7.04. The monoisotopic (exact) mass is 330 g/mol. The molecule has 130 valence electrons. The predicted octanol–water partition coefficient (Wildman–Crippen LogP) is 4.14. The van der Waals surface area contributed by atoms with Gasteiger partial charge in [0, 0.05) is 13.8 Å². The van der Waals surface area contributed by atoms with E-state index in [1.165, 1.54) is 20.3 Å². The van der Waals surface area contributed by atoms with Crippen molar-refractivity contribution >= 4 is 18.0 Å². The molecule has 0 spiro atoms. The molecule has 0 unspecified atom stereocenters. The van der Waals surface area contributed by atoms with Crippen molar-refractivity contribution in [1.29, 1.82) is 0 Å². The fourth-order valence-electron chi connectivity index (χ4n) is 3.26. The van der Waals surface area contributed by atoms with E-state index in [0.717, 1.165) is 31.2 Å². The second-order valence-electron chi connectivity index (χ2n) is 6.32. The third-order valence-electron chi connectivity index (χ3n) is 4.32. The molecule has 2 rings (SSSR count). The van der Waals surface area contributed by atoms with Gasteiger partial charge in [-0.15, -0.1) is 0 Å². The Hall–Kier alpha value is -2.10. The van der Waals surface area contributed by atoms with Crippen molar-refractivity contribution < 1.29 is 19.1 Å². The minimum atomic E-state index is -0.560. The molecule has 1 aliphatic carbocycles. The maximum atomic E-state index is 11.6. The molecular weight excluding hydrogens is 304 g/mol. The molecule has 0 radical (unpaired) electrons. The van der Waals surface area contributed by atoms with E-state index in [1.807, 2.05) is 42.5 Å². The summed E-state index contributed by atoms with van der Waals surface area (Å²) >= 11 is 0. The van der Waals surface area contributed by atoms with Crippen molar-refractivity contribution in [3.8, 4) is 0 Å². The molecule has 1 aromatic rings. The Labute approximate surface area is 143 Å². The topological polar surface area (TPSA) is 52.6 Å². The lowest BCUT2D eigenvalue weighted by molar-refractivity contribution is -0.166. The van der Waals surface area contributed by atoms with Gasteiger partial charge in [0.25, 0.3) is 0 Å². The summed E-state index contributed by atoms with van der Waals surface area (Å²) in [5.41, 5.74) is 1.01. The number of rotatable bonds is 6. The van der Waals surface area contributed by atoms with Crippen molar-refractivity contribution in [2.45, 2.75) is 58.2 Å². The Morgan fingerprint density at radius 1 is 1.00 bits per heavy atom. The molecule has 2 atom stereocenters. The van der Waals surface area contributed by atoms with Gasteiger partial charge in [0.2, 0.25) is 0 Å². The lowest BCUT2D eigenvalue weighted by atomic mass is 9.83. The molecular formula is C20H26O4. The highest BCUT2D eigenvalue weighted by molar-refractivity contribution is 5.68. The van der Waals surface area contributed by atoms with E-state index in [1.54, 1.807) is 0 Å². The zero-order chi connectivity index (χ0) is 17.4. The molecule has 0 bridgehead atoms. The molecule has 0 saturated heterocycles. The number of benzene rings is 1. The summed E-state index contributed by atoms with van der Waals surface area (Å²) in [6.07, 6.45) is 8.20. The summed E-state index contributed by atoms with van der Waals surface area (Å²) < 4.78 is 11.1. The zero-order valence-electron chi connectivity index (χ0n) is 14.4. The second kappa shape index (κ2) is 9.26. The van der Waals surface area contributed by atoms with Crippen LogP contribution in [0, 0.1) is 5.92 Å². The van der Waals surface area contributed by atoms with Gasteiger partial charge in [-0.05, 0) is 30.4 Å². The van der Waals surface area contributed by atoms with Gasteiger partial charge in [-0.2, -0.15) is 0 Å². The fraction of sp³-hybridized carbons (Fsp3) is 0.500. The van der Waals surface area contributed by atoms with Gasteiger partial charge < -0.3 is 9.47 Å². The van der Waals surface area contributed by atoms with Crippen LogP contribution in [0.4, 0.5) is 0 Å². The normalized spacial score (nSPS) is 18.1. The molecule has 0 N–H and O–H groups in total. The minimum Gasteiger partial charge on any atom is -0.458 e. The van der Waals surface area contributed by atoms with Gasteiger partial charge >= 0.3 is 11.9 Å². The Balaban J connectivity index is 2.20. The number of carbonyl (C=O) groups excluding carboxylic acids is 2. The van der Waals surface area contributed by atoms with Crippen molar-refractivity contribution in [1.82, 2.24) is 0 Å². The average Bonchev–Trinajstić information content (AvgIpc) is 2.58. The van der Waals surface area contributed by atoms with Crippen LogP contribution in [0.1, 0.15) is 51.5 Å². The molecule has 1 fully saturated rings. The number of carbonyl (C=O) groups is 2.